The van der Waals surface area contributed by atoms with Crippen molar-refractivity contribution in [2.75, 3.05) is 37.3 Å². The van der Waals surface area contributed by atoms with Gasteiger partial charge in [-0.05, 0) is 48.1 Å². The van der Waals surface area contributed by atoms with Crippen LogP contribution in [0.3, 0.4) is 0 Å². The molecule has 1 unspecified atom stereocenters. The first-order valence-corrected chi connectivity index (χ1v) is 6.37. The highest BCUT2D eigenvalue weighted by Gasteiger charge is 2.21. The fourth-order valence-corrected chi connectivity index (χ4v) is 2.69. The molecule has 1 aromatic carbocycles. The van der Waals surface area contributed by atoms with E-state index < -0.39 is 0 Å². The van der Waals surface area contributed by atoms with Gasteiger partial charge in [0.25, 0.3) is 0 Å². The van der Waals surface area contributed by atoms with Gasteiger partial charge < -0.3 is 15.5 Å². The molecular weight excluding hydrogens is 266 g/mol. The number of piperazine rings is 1. The van der Waals surface area contributed by atoms with Crippen LogP contribution in [0.4, 0.5) is 11.4 Å². The summed E-state index contributed by atoms with van der Waals surface area (Å²) in [5, 5.41) is 0. The van der Waals surface area contributed by atoms with Crippen molar-refractivity contribution in [1.29, 1.82) is 0 Å². The first kappa shape index (κ1) is 11.7. The summed E-state index contributed by atoms with van der Waals surface area (Å²) in [5.41, 5.74) is 7.80. The Labute approximate surface area is 105 Å². The van der Waals surface area contributed by atoms with Gasteiger partial charge in [-0.15, -0.1) is 0 Å². The summed E-state index contributed by atoms with van der Waals surface area (Å²) in [6.45, 7) is 5.51. The maximum Gasteiger partial charge on any atom is 0.0513 e. The fourth-order valence-electron chi connectivity index (χ4n) is 2.05. The highest BCUT2D eigenvalue weighted by atomic mass is 79.9. The molecule has 0 saturated carbocycles. The topological polar surface area (TPSA) is 32.5 Å². The number of anilines is 2. The summed E-state index contributed by atoms with van der Waals surface area (Å²) in [5.74, 6) is 0. The zero-order valence-electron chi connectivity index (χ0n) is 9.78. The lowest BCUT2D eigenvalue weighted by Gasteiger charge is -2.39. The van der Waals surface area contributed by atoms with E-state index in [4.69, 9.17) is 5.73 Å². The molecule has 4 heteroatoms. The third-order valence-corrected chi connectivity index (χ3v) is 3.91. The molecule has 2 N–H and O–H groups in total. The smallest absolute Gasteiger partial charge is 0.0513 e. The van der Waals surface area contributed by atoms with Gasteiger partial charge in [0, 0.05) is 35.8 Å². The molecule has 88 valence electrons. The van der Waals surface area contributed by atoms with Crippen LogP contribution in [0.25, 0.3) is 0 Å². The monoisotopic (exact) mass is 283 g/mol. The molecule has 1 aromatic rings. The number of benzene rings is 1. The van der Waals surface area contributed by atoms with Crippen LogP contribution in [0.1, 0.15) is 6.92 Å². The van der Waals surface area contributed by atoms with Crippen LogP contribution in [-0.4, -0.2) is 37.6 Å². The van der Waals surface area contributed by atoms with E-state index in [2.05, 4.69) is 45.8 Å². The molecule has 16 heavy (non-hydrogen) atoms. The Morgan fingerprint density at radius 1 is 1.38 bits per heavy atom. The van der Waals surface area contributed by atoms with Crippen molar-refractivity contribution < 1.29 is 0 Å². The number of hydrogen-bond donors (Lipinski definition) is 1. The number of nitrogens with two attached hydrogens (primary N) is 1. The van der Waals surface area contributed by atoms with Gasteiger partial charge in [-0.1, -0.05) is 0 Å². The normalized spacial score (nSPS) is 22.4. The summed E-state index contributed by atoms with van der Waals surface area (Å²) < 4.78 is 1.09. The molecule has 1 heterocycles. The molecule has 0 spiro atoms. The van der Waals surface area contributed by atoms with Gasteiger partial charge in [-0.2, -0.15) is 0 Å². The molecule has 0 aliphatic carbocycles. The van der Waals surface area contributed by atoms with Gasteiger partial charge in [0.15, 0.2) is 0 Å². The zero-order chi connectivity index (χ0) is 11.7. The molecule has 1 aliphatic rings. The summed E-state index contributed by atoms with van der Waals surface area (Å²) in [7, 11) is 2.18. The van der Waals surface area contributed by atoms with Crippen molar-refractivity contribution >= 4 is 27.3 Å². The van der Waals surface area contributed by atoms with Gasteiger partial charge in [-0.25, -0.2) is 0 Å². The first-order chi connectivity index (χ1) is 7.58. The minimum atomic E-state index is 0.596. The molecule has 0 radical (unpaired) electrons. The quantitative estimate of drug-likeness (QED) is 0.802. The average Bonchev–Trinajstić information content (AvgIpc) is 2.22. The van der Waals surface area contributed by atoms with Gasteiger partial charge >= 0.3 is 0 Å². The second-order valence-corrected chi connectivity index (χ2v) is 5.34. The van der Waals surface area contributed by atoms with E-state index in [0.717, 1.165) is 29.8 Å². The maximum absolute atomic E-state index is 5.75. The highest BCUT2D eigenvalue weighted by molar-refractivity contribution is 9.10. The molecule has 0 aromatic heterocycles. The summed E-state index contributed by atoms with van der Waals surface area (Å²) >= 11 is 3.58. The predicted molar refractivity (Wildman–Crippen MR) is 72.9 cm³/mol. The van der Waals surface area contributed by atoms with Crippen molar-refractivity contribution in [1.82, 2.24) is 4.90 Å². The van der Waals surface area contributed by atoms with E-state index in [-0.39, 0.29) is 0 Å². The number of hydrogen-bond acceptors (Lipinski definition) is 3. The molecule has 1 saturated heterocycles. The summed E-state index contributed by atoms with van der Waals surface area (Å²) in [6, 6.07) is 6.62. The van der Waals surface area contributed by atoms with Gasteiger partial charge in [0.05, 0.1) is 5.69 Å². The first-order valence-electron chi connectivity index (χ1n) is 5.58. The zero-order valence-corrected chi connectivity index (χ0v) is 11.4. The van der Waals surface area contributed by atoms with Crippen LogP contribution in [0.15, 0.2) is 22.7 Å². The Bertz CT molecular complexity index is 381. The Kier molecular flexibility index (Phi) is 3.40. The second kappa shape index (κ2) is 4.63. The van der Waals surface area contributed by atoms with Crippen LogP contribution in [0.5, 0.6) is 0 Å². The third kappa shape index (κ3) is 2.33. The van der Waals surface area contributed by atoms with Crippen LogP contribution in [0.2, 0.25) is 0 Å². The molecule has 1 atom stereocenters. The fraction of sp³-hybridized carbons (Fsp3) is 0.500. The van der Waals surface area contributed by atoms with E-state index in [9.17, 15) is 0 Å². The molecule has 1 fully saturated rings. The lowest BCUT2D eigenvalue weighted by Crippen LogP contribution is -2.50. The number of likely N-dealkylation sites (N-methyl/N-ethyl adjacent to an activating group) is 1. The van der Waals surface area contributed by atoms with E-state index in [0.29, 0.717) is 6.04 Å². The lowest BCUT2D eigenvalue weighted by molar-refractivity contribution is 0.234. The highest BCUT2D eigenvalue weighted by Crippen LogP contribution is 2.29. The van der Waals surface area contributed by atoms with Crippen molar-refractivity contribution in [2.24, 2.45) is 0 Å². The molecule has 0 bridgehead atoms. The van der Waals surface area contributed by atoms with Crippen molar-refractivity contribution in [3.8, 4) is 0 Å². The minimum Gasteiger partial charge on any atom is -0.399 e. The minimum absolute atomic E-state index is 0.596. The molecule has 3 nitrogen and oxygen atoms in total. The Balaban J connectivity index is 2.18. The Morgan fingerprint density at radius 2 is 2.12 bits per heavy atom. The molecule has 1 aliphatic heterocycles. The van der Waals surface area contributed by atoms with Crippen LogP contribution < -0.4 is 10.6 Å². The maximum atomic E-state index is 5.75. The van der Waals surface area contributed by atoms with Gasteiger partial charge in [0.2, 0.25) is 0 Å². The van der Waals surface area contributed by atoms with Crippen molar-refractivity contribution in [3.63, 3.8) is 0 Å². The number of nitrogen functional groups attached to an aromatic ring is 1. The largest absolute Gasteiger partial charge is 0.399 e. The van der Waals surface area contributed by atoms with Crippen molar-refractivity contribution in [3.05, 3.63) is 22.7 Å². The lowest BCUT2D eigenvalue weighted by atomic mass is 10.1. The predicted octanol–water partition coefficient (Wildman–Crippen LogP) is 2.17. The summed E-state index contributed by atoms with van der Waals surface area (Å²) in [6.07, 6.45) is 0. The standard InChI is InChI=1S/C12H18BrN3/c1-9-8-16(6-5-15(9)2)12-4-3-10(14)7-11(12)13/h3-4,7,9H,5-6,8,14H2,1-2H3. The summed E-state index contributed by atoms with van der Waals surface area (Å²) in [4.78, 5) is 4.80. The van der Waals surface area contributed by atoms with Crippen LogP contribution in [-0.2, 0) is 0 Å². The molecular formula is C12H18BrN3. The Hall–Kier alpha value is -0.740. The van der Waals surface area contributed by atoms with Crippen molar-refractivity contribution in [2.45, 2.75) is 13.0 Å². The van der Waals surface area contributed by atoms with E-state index in [1.165, 1.54) is 5.69 Å². The van der Waals surface area contributed by atoms with Gasteiger partial charge in [0.1, 0.15) is 0 Å². The SMILES string of the molecule is CC1CN(c2ccc(N)cc2Br)CCN1C. The molecule has 2 rings (SSSR count). The van der Waals surface area contributed by atoms with E-state index >= 15 is 0 Å². The van der Waals surface area contributed by atoms with Crippen LogP contribution in [0, 0.1) is 0 Å². The van der Waals surface area contributed by atoms with Gasteiger partial charge in [-0.3, -0.25) is 0 Å². The number of nitrogens with zero attached hydrogens (tertiary/aromatic N) is 2. The third-order valence-electron chi connectivity index (χ3n) is 3.27. The van der Waals surface area contributed by atoms with Crippen LogP contribution >= 0.6 is 15.9 Å². The Morgan fingerprint density at radius 3 is 2.75 bits per heavy atom. The second-order valence-electron chi connectivity index (χ2n) is 4.49. The molecule has 0 amide bonds. The number of rotatable bonds is 1. The van der Waals surface area contributed by atoms with E-state index in [1.54, 1.807) is 0 Å². The number of halogens is 1. The average molecular weight is 284 g/mol. The van der Waals surface area contributed by atoms with E-state index in [1.807, 2.05) is 12.1 Å².